The number of nitrogens with one attached hydrogen (secondary N) is 1. The van der Waals surface area contributed by atoms with Crippen molar-refractivity contribution in [3.8, 4) is 0 Å². The lowest BCUT2D eigenvalue weighted by molar-refractivity contribution is -0.147. The van der Waals surface area contributed by atoms with Crippen molar-refractivity contribution in [1.29, 1.82) is 0 Å². The summed E-state index contributed by atoms with van der Waals surface area (Å²) in [5, 5.41) is 8.25. The van der Waals surface area contributed by atoms with Gasteiger partial charge < -0.3 is 10.1 Å². The Hall–Kier alpha value is -3.48. The van der Waals surface area contributed by atoms with Gasteiger partial charge in [0.05, 0.1) is 30.0 Å². The van der Waals surface area contributed by atoms with Crippen molar-refractivity contribution in [2.75, 3.05) is 13.2 Å². The van der Waals surface area contributed by atoms with E-state index < -0.39 is 5.92 Å². The number of hydrogen-bond acceptors (Lipinski definition) is 5. The molecule has 0 saturated heterocycles. The number of esters is 1. The highest BCUT2D eigenvalue weighted by molar-refractivity contribution is 5.88. The first-order chi connectivity index (χ1) is 14.5. The Labute approximate surface area is 174 Å². The van der Waals surface area contributed by atoms with Crippen LogP contribution in [0.2, 0.25) is 0 Å². The third-order valence-electron chi connectivity index (χ3n) is 4.85. The Kier molecular flexibility index (Phi) is 6.95. The minimum Gasteiger partial charge on any atom is -0.466 e. The van der Waals surface area contributed by atoms with Crippen molar-refractivity contribution in [1.82, 2.24) is 15.1 Å². The lowest BCUT2D eigenvalue weighted by atomic mass is 9.99. The molecule has 30 heavy (non-hydrogen) atoms. The average Bonchev–Trinajstić information content (AvgIpc) is 2.75. The maximum Gasteiger partial charge on any atom is 0.311 e. The van der Waals surface area contributed by atoms with Gasteiger partial charge in [-0.3, -0.25) is 14.4 Å². The molecule has 0 aliphatic rings. The number of benzene rings is 2. The third kappa shape index (κ3) is 5.11. The number of amides is 1. The number of carbonyl (C=O) groups is 2. The van der Waals surface area contributed by atoms with Crippen molar-refractivity contribution in [3.05, 3.63) is 76.2 Å². The largest absolute Gasteiger partial charge is 0.466 e. The highest BCUT2D eigenvalue weighted by Gasteiger charge is 2.22. The van der Waals surface area contributed by atoms with Crippen LogP contribution in [0, 0.1) is 5.92 Å². The molecule has 0 bridgehead atoms. The number of fused-ring (bicyclic) bond motifs is 1. The van der Waals surface area contributed by atoms with Crippen molar-refractivity contribution in [3.63, 3.8) is 0 Å². The molecule has 1 heterocycles. The van der Waals surface area contributed by atoms with E-state index in [4.69, 9.17) is 4.74 Å². The molecule has 3 rings (SSSR count). The van der Waals surface area contributed by atoms with Gasteiger partial charge >= 0.3 is 5.97 Å². The van der Waals surface area contributed by atoms with Gasteiger partial charge in [-0.2, -0.15) is 5.10 Å². The summed E-state index contributed by atoms with van der Waals surface area (Å²) in [6, 6.07) is 16.7. The van der Waals surface area contributed by atoms with Crippen LogP contribution in [0.4, 0.5) is 0 Å². The number of carbonyl (C=O) groups excluding carboxylic acids is 2. The number of ether oxygens (including phenoxy) is 1. The Morgan fingerprint density at radius 3 is 2.43 bits per heavy atom. The van der Waals surface area contributed by atoms with E-state index in [9.17, 15) is 14.4 Å². The summed E-state index contributed by atoms with van der Waals surface area (Å²) < 4.78 is 6.41. The lowest BCUT2D eigenvalue weighted by Crippen LogP contribution is -2.36. The van der Waals surface area contributed by atoms with Crippen molar-refractivity contribution in [2.45, 2.75) is 19.8 Å². The zero-order valence-electron chi connectivity index (χ0n) is 17.1. The predicted octanol–water partition coefficient (Wildman–Crippen LogP) is 2.01. The second-order valence-corrected chi connectivity index (χ2v) is 7.04. The monoisotopic (exact) mass is 407 g/mol. The molecule has 1 unspecified atom stereocenters. The van der Waals surface area contributed by atoms with Gasteiger partial charge in [0.15, 0.2) is 0 Å². The quantitative estimate of drug-likeness (QED) is 0.577. The van der Waals surface area contributed by atoms with E-state index in [0.717, 1.165) is 5.56 Å². The van der Waals surface area contributed by atoms with Crippen LogP contribution in [-0.2, 0) is 34.2 Å². The smallest absolute Gasteiger partial charge is 0.311 e. The summed E-state index contributed by atoms with van der Waals surface area (Å²) in [4.78, 5) is 37.2. The number of aromatic nitrogens is 2. The lowest BCUT2D eigenvalue weighted by Gasteiger charge is -2.16. The molecule has 1 atom stereocenters. The van der Waals surface area contributed by atoms with Gasteiger partial charge in [0.25, 0.3) is 5.56 Å². The summed E-state index contributed by atoms with van der Waals surface area (Å²) in [6.07, 6.45) is 0.483. The number of hydrogen-bond donors (Lipinski definition) is 1. The standard InChI is InChI=1S/C23H25N3O4/c1-3-30-23(29)17(13-16-9-5-4-6-10-16)15-24-21(27)14-20-18-11-7-8-12-19(18)22(28)26(2)25-20/h4-12,17H,3,13-15H2,1-2H3,(H,24,27). The fourth-order valence-electron chi connectivity index (χ4n) is 3.36. The van der Waals surface area contributed by atoms with E-state index in [1.807, 2.05) is 36.4 Å². The molecule has 0 spiro atoms. The van der Waals surface area contributed by atoms with E-state index in [0.29, 0.717) is 22.9 Å². The van der Waals surface area contributed by atoms with E-state index >= 15 is 0 Å². The zero-order valence-corrected chi connectivity index (χ0v) is 17.1. The fraction of sp³-hybridized carbons (Fsp3) is 0.304. The normalized spacial score (nSPS) is 11.8. The first-order valence-corrected chi connectivity index (χ1v) is 9.91. The van der Waals surface area contributed by atoms with Crippen LogP contribution >= 0.6 is 0 Å². The Morgan fingerprint density at radius 2 is 1.73 bits per heavy atom. The molecular formula is C23H25N3O4. The summed E-state index contributed by atoms with van der Waals surface area (Å²) in [7, 11) is 1.56. The highest BCUT2D eigenvalue weighted by atomic mass is 16.5. The molecule has 0 fully saturated rings. The molecule has 7 nitrogen and oxygen atoms in total. The van der Waals surface area contributed by atoms with Gasteiger partial charge in [0, 0.05) is 19.0 Å². The SMILES string of the molecule is CCOC(=O)C(CNC(=O)Cc1nn(C)c(=O)c2ccccc12)Cc1ccccc1. The van der Waals surface area contributed by atoms with Gasteiger partial charge in [-0.25, -0.2) is 4.68 Å². The maximum atomic E-state index is 12.6. The van der Waals surface area contributed by atoms with Crippen LogP contribution < -0.4 is 10.9 Å². The number of aryl methyl sites for hydroxylation is 1. The molecule has 1 N–H and O–H groups in total. The van der Waals surface area contributed by atoms with Gasteiger partial charge in [0.1, 0.15) is 0 Å². The molecule has 7 heteroatoms. The molecule has 2 aromatic carbocycles. The molecule has 0 radical (unpaired) electrons. The molecule has 0 saturated carbocycles. The summed E-state index contributed by atoms with van der Waals surface area (Å²) in [5.41, 5.74) is 1.30. The molecule has 1 aromatic heterocycles. The minimum absolute atomic E-state index is 0.00944. The van der Waals surface area contributed by atoms with Gasteiger partial charge in [-0.05, 0) is 25.0 Å². The molecule has 0 aliphatic heterocycles. The number of rotatable bonds is 8. The fourth-order valence-corrected chi connectivity index (χ4v) is 3.36. The second kappa shape index (κ2) is 9.82. The van der Waals surface area contributed by atoms with Gasteiger partial charge in [-0.1, -0.05) is 48.5 Å². The minimum atomic E-state index is -0.485. The third-order valence-corrected chi connectivity index (χ3v) is 4.85. The molecule has 1 amide bonds. The summed E-state index contributed by atoms with van der Waals surface area (Å²) in [5.74, 6) is -1.10. The van der Waals surface area contributed by atoms with E-state index in [1.54, 1.807) is 32.2 Å². The highest BCUT2D eigenvalue weighted by Crippen LogP contribution is 2.14. The first-order valence-electron chi connectivity index (χ1n) is 9.91. The maximum absolute atomic E-state index is 12.6. The van der Waals surface area contributed by atoms with Crippen LogP contribution in [0.25, 0.3) is 10.8 Å². The molecule has 156 valence electrons. The molecule has 3 aromatic rings. The van der Waals surface area contributed by atoms with E-state index in [-0.39, 0.29) is 37.0 Å². The van der Waals surface area contributed by atoms with Crippen LogP contribution in [0.1, 0.15) is 18.2 Å². The van der Waals surface area contributed by atoms with Gasteiger partial charge in [0.2, 0.25) is 5.91 Å². The van der Waals surface area contributed by atoms with Gasteiger partial charge in [-0.15, -0.1) is 0 Å². The number of nitrogens with zero attached hydrogens (tertiary/aromatic N) is 2. The topological polar surface area (TPSA) is 90.3 Å². The van der Waals surface area contributed by atoms with Crippen molar-refractivity contribution >= 4 is 22.6 Å². The second-order valence-electron chi connectivity index (χ2n) is 7.04. The van der Waals surface area contributed by atoms with Crippen LogP contribution in [-0.4, -0.2) is 34.8 Å². The molecular weight excluding hydrogens is 382 g/mol. The van der Waals surface area contributed by atoms with Crippen LogP contribution in [0.15, 0.2) is 59.4 Å². The first kappa shape index (κ1) is 21.2. The Morgan fingerprint density at radius 1 is 1.07 bits per heavy atom. The Balaban J connectivity index is 1.71. The van der Waals surface area contributed by atoms with Crippen LogP contribution in [0.3, 0.4) is 0 Å². The summed E-state index contributed by atoms with van der Waals surface area (Å²) in [6.45, 7) is 2.20. The van der Waals surface area contributed by atoms with Crippen LogP contribution in [0.5, 0.6) is 0 Å². The Bertz CT molecular complexity index is 1090. The molecule has 0 aliphatic carbocycles. The van der Waals surface area contributed by atoms with E-state index in [1.165, 1.54) is 4.68 Å². The summed E-state index contributed by atoms with van der Waals surface area (Å²) >= 11 is 0. The zero-order chi connectivity index (χ0) is 21.5. The predicted molar refractivity (Wildman–Crippen MR) is 114 cm³/mol. The van der Waals surface area contributed by atoms with Crippen molar-refractivity contribution < 1.29 is 14.3 Å². The van der Waals surface area contributed by atoms with Crippen molar-refractivity contribution in [2.24, 2.45) is 13.0 Å². The average molecular weight is 407 g/mol. The van der Waals surface area contributed by atoms with E-state index in [2.05, 4.69) is 10.4 Å².